The molecule has 0 aliphatic heterocycles. The number of carbonyl (C=O) groups excluding carboxylic acids is 3. The van der Waals surface area contributed by atoms with Crippen molar-refractivity contribution in [1.82, 2.24) is 0 Å². The Morgan fingerprint density at radius 2 is 0.933 bits per heavy atom. The van der Waals surface area contributed by atoms with E-state index in [-0.39, 0.29) is 102 Å². The first-order chi connectivity index (χ1) is 49.0. The van der Waals surface area contributed by atoms with Crippen molar-refractivity contribution in [3.8, 4) is 17.2 Å². The average Bonchev–Trinajstić information content (AvgIpc) is 1.65. The Bertz CT molecular complexity index is 5000. The van der Waals surface area contributed by atoms with Gasteiger partial charge in [0, 0.05) is 38.9 Å². The van der Waals surface area contributed by atoms with Gasteiger partial charge in [-0.25, -0.2) is 63.8 Å². The number of aryl methyl sites for hydroxylation is 3. The lowest BCUT2D eigenvalue weighted by atomic mass is 9.48. The molecule has 9 aliphatic rings. The Kier molecular flexibility index (Phi) is 18.2. The highest BCUT2D eigenvalue weighted by Crippen LogP contribution is 2.70. The summed E-state index contributed by atoms with van der Waals surface area (Å²) in [6, 6.07) is 27.4. The first-order valence-electron chi connectivity index (χ1n) is 35.8. The van der Waals surface area contributed by atoms with Gasteiger partial charge in [0.2, 0.25) is 30.1 Å². The van der Waals surface area contributed by atoms with Gasteiger partial charge < -0.3 is 24.8 Å². The minimum Gasteiger partial charge on any atom is -0.508 e. The molecule has 0 radical (unpaired) electrons. The quantitative estimate of drug-likeness (QED) is 0.0377. The number of benzene rings is 6. The number of hydrogen-bond donors (Lipinski definition) is 6. The Balaban J connectivity index is 0.000000224. The van der Waals surface area contributed by atoms with Crippen LogP contribution in [0.15, 0.2) is 162 Å². The lowest BCUT2D eigenvalue weighted by molar-refractivity contribution is -0.00991. The van der Waals surface area contributed by atoms with Gasteiger partial charge in [0.1, 0.15) is 35.7 Å². The van der Waals surface area contributed by atoms with Crippen LogP contribution in [0.3, 0.4) is 0 Å². The van der Waals surface area contributed by atoms with E-state index in [4.69, 9.17) is 36.5 Å². The number of halogens is 3. The number of phenolic OH excluding ortho intramolecular Hbond substituents is 3. The predicted octanol–water partition coefficient (Wildman–Crippen LogP) is 14.4. The fraction of sp³-hybridized carbons (Fsp3) is 0.444. The van der Waals surface area contributed by atoms with Crippen molar-refractivity contribution in [2.24, 2.45) is 67.2 Å². The van der Waals surface area contributed by atoms with Gasteiger partial charge in [0.05, 0.1) is 36.4 Å². The number of aromatic hydroxyl groups is 3. The van der Waals surface area contributed by atoms with Gasteiger partial charge in [0.25, 0.3) is 0 Å². The van der Waals surface area contributed by atoms with E-state index in [1.54, 1.807) is 36.4 Å². The van der Waals surface area contributed by atoms with E-state index >= 15 is 8.78 Å². The second-order valence-corrected chi connectivity index (χ2v) is 37.2. The number of allylic oxidation sites excluding steroid dienone is 3. The number of fused-ring (bicyclic) bond motifs is 15. The zero-order valence-electron chi connectivity index (χ0n) is 58.3. The molecule has 0 heterocycles. The van der Waals surface area contributed by atoms with Crippen LogP contribution in [-0.2, 0) is 75.1 Å². The summed E-state index contributed by atoms with van der Waals surface area (Å²) in [6.45, 7) is 18.8. The van der Waals surface area contributed by atoms with Gasteiger partial charge in [-0.05, 0) is 273 Å². The standard InChI is InChI=1S/C54H57ClF2N2O9S2.C27H31NO5S/c1-5-53-19-17-51(3)44(42(53)13-7-28-21-30(60)9-15-40(28)53)26-37(47(51)56)35-23-32(69(58,64)65)11-12-34(35)49(62)68-50(63)39-25-33(70(59,66)67)24-36(46(39)55)38-27-45-43-14-8-29-22-31(61)10-16-41(29)54(43,6-2)20-18-52(45,4)48(38)57;1-3-27-12-11-26(2)16-20(33-25(30)18-5-4-6-21(14-18)34(28,31)32)15-24(26)23(27)9-7-17-13-19(29)8-10-22(17)27/h5-6,9-12,15-16,21-25,37-38,42-45,47-48,60-61H,1-2,7-8,13-14,17-20,26-27H2,3-4H3,(H2,58,64,65)(H2,59,66,67);3-6,8,10,13-14,20,23-24,29H,1,7,9,11-12,15-16H2,2H3,(H2,28,31,32)/t37-,38+,42?,43?,44?,45?,47-,48+,51+,52+,53+,54-;20-,23?,24?,26+,27?/m10/s1. The molecule has 17 nitrogen and oxygen atoms in total. The van der Waals surface area contributed by atoms with Crippen molar-refractivity contribution in [1.29, 1.82) is 0 Å². The van der Waals surface area contributed by atoms with Crippen LogP contribution >= 0.6 is 11.6 Å². The van der Waals surface area contributed by atoms with Gasteiger partial charge >= 0.3 is 17.9 Å². The van der Waals surface area contributed by atoms with Crippen molar-refractivity contribution in [2.75, 3.05) is 0 Å². The summed E-state index contributed by atoms with van der Waals surface area (Å²) >= 11 is 7.04. The third kappa shape index (κ3) is 11.8. The molecule has 15 rings (SSSR count). The molecule has 0 bridgehead atoms. The second kappa shape index (κ2) is 25.9. The van der Waals surface area contributed by atoms with E-state index in [0.717, 1.165) is 85.0 Å². The smallest absolute Gasteiger partial charge is 0.347 e. The number of nitrogens with two attached hydrogens (primary N) is 3. The largest absolute Gasteiger partial charge is 0.508 e. The van der Waals surface area contributed by atoms with Crippen LogP contribution < -0.4 is 15.4 Å². The van der Waals surface area contributed by atoms with Crippen LogP contribution in [0.5, 0.6) is 17.2 Å². The average molecular weight is 1500 g/mol. The summed E-state index contributed by atoms with van der Waals surface area (Å²) in [5, 5.41) is 46.7. The summed E-state index contributed by atoms with van der Waals surface area (Å²) in [5.41, 5.74) is 2.98. The number of hydrogen-bond acceptors (Lipinski definition) is 14. The monoisotopic (exact) mass is 1500 g/mol. The number of alkyl halides is 2. The summed E-state index contributed by atoms with van der Waals surface area (Å²) in [6.07, 6.45) is 13.3. The Morgan fingerprint density at radius 1 is 0.500 bits per heavy atom. The minimum absolute atomic E-state index is 0.0130. The van der Waals surface area contributed by atoms with Gasteiger partial charge in [0.15, 0.2) is 0 Å². The topological polar surface area (TPSA) is 311 Å². The molecule has 0 aromatic heterocycles. The van der Waals surface area contributed by atoms with E-state index in [2.05, 4.69) is 38.8 Å². The lowest BCUT2D eigenvalue weighted by Gasteiger charge is -2.55. The molecule has 9 N–H and O–H groups in total. The first-order valence-corrected chi connectivity index (χ1v) is 40.8. The van der Waals surface area contributed by atoms with Gasteiger partial charge in [-0.1, -0.05) is 74.9 Å². The highest BCUT2D eigenvalue weighted by Gasteiger charge is 2.66. The number of sulfonamides is 3. The van der Waals surface area contributed by atoms with E-state index in [1.807, 2.05) is 44.2 Å². The lowest BCUT2D eigenvalue weighted by Crippen LogP contribution is -2.51. The maximum Gasteiger partial charge on any atom is 0.347 e. The zero-order chi connectivity index (χ0) is 74.6. The second-order valence-electron chi connectivity index (χ2n) is 32.1. The molecule has 104 heavy (non-hydrogen) atoms. The fourth-order valence-corrected chi connectivity index (χ4v) is 24.3. The number of phenols is 3. The van der Waals surface area contributed by atoms with Crippen LogP contribution in [0.1, 0.15) is 192 Å². The Morgan fingerprint density at radius 3 is 1.40 bits per heavy atom. The summed E-state index contributed by atoms with van der Waals surface area (Å²) in [4.78, 5) is 40.6. The predicted molar refractivity (Wildman–Crippen MR) is 389 cm³/mol. The molecule has 6 aromatic rings. The van der Waals surface area contributed by atoms with Gasteiger partial charge in [-0.2, -0.15) is 0 Å². The van der Waals surface area contributed by atoms with E-state index in [1.165, 1.54) is 35.4 Å². The van der Waals surface area contributed by atoms with Crippen LogP contribution in [-0.4, -0.2) is 76.9 Å². The summed E-state index contributed by atoms with van der Waals surface area (Å²) in [7, 11) is -12.8. The highest BCUT2D eigenvalue weighted by molar-refractivity contribution is 7.89. The van der Waals surface area contributed by atoms with Crippen molar-refractivity contribution < 1.29 is 73.2 Å². The molecule has 0 spiro atoms. The number of ether oxygens (including phenoxy) is 2. The molecule has 9 aliphatic carbocycles. The van der Waals surface area contributed by atoms with Gasteiger partial charge in [-0.15, -0.1) is 19.7 Å². The van der Waals surface area contributed by atoms with E-state index < -0.39 is 104 Å². The molecule has 0 saturated heterocycles. The molecule has 6 fully saturated rings. The van der Waals surface area contributed by atoms with Crippen molar-refractivity contribution in [3.05, 3.63) is 213 Å². The maximum atomic E-state index is 17.5. The van der Waals surface area contributed by atoms with Crippen LogP contribution in [0.2, 0.25) is 5.02 Å². The zero-order valence-corrected chi connectivity index (χ0v) is 61.5. The minimum atomic E-state index is -4.56. The molecular formula is C81H88ClF2N3O14S3. The SMILES string of the molecule is C=CC12CC[C@]3(C)C[C@@H](OC(=O)c4cccc(S(N)(=O)=O)c4)CC3C1CCc1cc(O)ccc12.C=C[C@@]12CC[C@@]3(C)C(C[C@H](c4cc(S(N)(=O)=O)ccc4C(=O)OC(=O)c4cc(S(N)(=O)=O)cc([C@@H]5CC6C7CCc8cc(O)ccc8[C@@]7(C=C)CC[C@]6(C)[C@H]5F)c4Cl)[C@H]3F)C1CCc1cc(O)ccc12. The third-order valence-corrected chi connectivity index (χ3v) is 30.5. The highest BCUT2D eigenvalue weighted by atomic mass is 35.5. The number of rotatable bonds is 12. The molecule has 0 amide bonds. The van der Waals surface area contributed by atoms with Gasteiger partial charge in [-0.3, -0.25) is 0 Å². The van der Waals surface area contributed by atoms with Crippen LogP contribution in [0.25, 0.3) is 0 Å². The number of primary sulfonamides is 3. The molecule has 6 aromatic carbocycles. The first kappa shape index (κ1) is 73.3. The molecule has 6 saturated carbocycles. The van der Waals surface area contributed by atoms with Crippen molar-refractivity contribution in [3.63, 3.8) is 0 Å². The molecular weight excluding hydrogens is 1410 g/mol. The number of esters is 3. The van der Waals surface area contributed by atoms with Crippen LogP contribution in [0.4, 0.5) is 8.78 Å². The molecule has 7 unspecified atom stereocenters. The molecule has 23 heteroatoms. The fourth-order valence-electron chi connectivity index (χ4n) is 22.3. The summed E-state index contributed by atoms with van der Waals surface area (Å²) < 4.78 is 121. The maximum absolute atomic E-state index is 17.5. The normalized spacial score (nSPS) is 33.5. The molecule has 550 valence electrons. The van der Waals surface area contributed by atoms with Crippen LogP contribution in [0, 0.1) is 51.8 Å². The Hall–Kier alpha value is -7.57. The third-order valence-electron chi connectivity index (χ3n) is 27.4. The van der Waals surface area contributed by atoms with Crippen molar-refractivity contribution in [2.45, 2.75) is 185 Å². The van der Waals surface area contributed by atoms with E-state index in [0.29, 0.717) is 69.0 Å². The van der Waals surface area contributed by atoms with Crippen molar-refractivity contribution >= 4 is 59.6 Å². The van der Waals surface area contributed by atoms with E-state index in [9.17, 15) is 55.0 Å². The molecule has 17 atom stereocenters. The Labute approximate surface area is 611 Å². The summed E-state index contributed by atoms with van der Waals surface area (Å²) in [5.74, 6) is -4.47. The number of carbonyl (C=O) groups is 3.